The Morgan fingerprint density at radius 1 is 1.32 bits per heavy atom. The molecule has 0 radical (unpaired) electrons. The molecule has 1 aliphatic rings. The number of ether oxygens (including phenoxy) is 2. The Kier molecular flexibility index (Phi) is 7.56. The molecule has 22 heavy (non-hydrogen) atoms. The molecule has 0 saturated carbocycles. The lowest BCUT2D eigenvalue weighted by Gasteiger charge is -2.26. The van der Waals surface area contributed by atoms with Gasteiger partial charge in [0.1, 0.15) is 5.75 Å². The summed E-state index contributed by atoms with van der Waals surface area (Å²) in [5, 5.41) is 2.90. The van der Waals surface area contributed by atoms with Gasteiger partial charge in [0.2, 0.25) is 5.91 Å². The van der Waals surface area contributed by atoms with Crippen molar-refractivity contribution in [3.63, 3.8) is 0 Å². The molecule has 1 saturated heterocycles. The van der Waals surface area contributed by atoms with Gasteiger partial charge >= 0.3 is 0 Å². The van der Waals surface area contributed by atoms with Crippen LogP contribution in [0, 0.1) is 0 Å². The maximum atomic E-state index is 11.9. The van der Waals surface area contributed by atoms with E-state index in [4.69, 9.17) is 9.47 Å². The van der Waals surface area contributed by atoms with Crippen LogP contribution in [0.1, 0.15) is 6.42 Å². The third-order valence-corrected chi connectivity index (χ3v) is 4.47. The van der Waals surface area contributed by atoms with Crippen LogP contribution in [0.5, 0.6) is 5.75 Å². The van der Waals surface area contributed by atoms with Gasteiger partial charge in [0.15, 0.2) is 0 Å². The van der Waals surface area contributed by atoms with E-state index >= 15 is 0 Å². The number of nitrogens with zero attached hydrogens (tertiary/aromatic N) is 1. The number of hydrogen-bond acceptors (Lipinski definition) is 5. The van der Waals surface area contributed by atoms with Crippen LogP contribution < -0.4 is 10.1 Å². The highest BCUT2D eigenvalue weighted by Crippen LogP contribution is 2.23. The van der Waals surface area contributed by atoms with E-state index in [0.29, 0.717) is 12.2 Å². The van der Waals surface area contributed by atoms with Crippen molar-refractivity contribution in [3.05, 3.63) is 24.3 Å². The minimum atomic E-state index is 0.0309. The van der Waals surface area contributed by atoms with Gasteiger partial charge in [-0.05, 0) is 12.1 Å². The zero-order valence-electron chi connectivity index (χ0n) is 13.0. The Morgan fingerprint density at radius 2 is 2.09 bits per heavy atom. The highest BCUT2D eigenvalue weighted by Gasteiger charge is 2.10. The van der Waals surface area contributed by atoms with Crippen molar-refractivity contribution in [1.29, 1.82) is 0 Å². The predicted molar refractivity (Wildman–Crippen MR) is 90.8 cm³/mol. The van der Waals surface area contributed by atoms with Gasteiger partial charge in [-0.3, -0.25) is 9.69 Å². The first-order valence-corrected chi connectivity index (χ1v) is 8.76. The number of methoxy groups -OCH3 is 1. The van der Waals surface area contributed by atoms with Crippen LogP contribution in [0.3, 0.4) is 0 Å². The van der Waals surface area contributed by atoms with Crippen LogP contribution >= 0.6 is 11.8 Å². The van der Waals surface area contributed by atoms with Crippen LogP contribution in [0.25, 0.3) is 0 Å². The molecule has 0 spiro atoms. The van der Waals surface area contributed by atoms with E-state index in [9.17, 15) is 4.79 Å². The van der Waals surface area contributed by atoms with Gasteiger partial charge in [-0.2, -0.15) is 11.8 Å². The molecule has 5 nitrogen and oxygen atoms in total. The molecule has 1 aromatic rings. The van der Waals surface area contributed by atoms with Crippen molar-refractivity contribution < 1.29 is 14.3 Å². The van der Waals surface area contributed by atoms with Crippen molar-refractivity contribution in [3.8, 4) is 5.75 Å². The standard InChI is InChI=1S/C16H24N2O3S/c1-20-15-5-3-2-4-14(15)17-16(19)6-12-22-13-9-18-7-10-21-11-8-18/h2-5H,6-13H2,1H3,(H,17,19). The number of carbonyl (C=O) groups is 1. The number of morpholine rings is 1. The lowest BCUT2D eigenvalue weighted by Crippen LogP contribution is -2.37. The quantitative estimate of drug-likeness (QED) is 0.742. The SMILES string of the molecule is COc1ccccc1NC(=O)CCSCCN1CCOCC1. The molecule has 1 N–H and O–H groups in total. The molecule has 0 aliphatic carbocycles. The number of amides is 1. The second kappa shape index (κ2) is 9.71. The highest BCUT2D eigenvalue weighted by atomic mass is 32.2. The molecule has 0 aromatic heterocycles. The molecule has 1 heterocycles. The van der Waals surface area contributed by atoms with E-state index < -0.39 is 0 Å². The monoisotopic (exact) mass is 324 g/mol. The van der Waals surface area contributed by atoms with E-state index in [1.54, 1.807) is 7.11 Å². The van der Waals surface area contributed by atoms with Crippen molar-refractivity contribution in [2.75, 3.05) is 56.8 Å². The molecule has 0 atom stereocenters. The number of anilines is 1. The fraction of sp³-hybridized carbons (Fsp3) is 0.562. The van der Waals surface area contributed by atoms with Gasteiger partial charge in [-0.15, -0.1) is 0 Å². The first kappa shape index (κ1) is 17.1. The van der Waals surface area contributed by atoms with Gasteiger partial charge < -0.3 is 14.8 Å². The molecular formula is C16H24N2O3S. The van der Waals surface area contributed by atoms with E-state index in [2.05, 4.69) is 10.2 Å². The fourth-order valence-corrected chi connectivity index (χ4v) is 3.17. The van der Waals surface area contributed by atoms with Crippen molar-refractivity contribution in [1.82, 2.24) is 4.90 Å². The normalized spacial score (nSPS) is 15.5. The maximum absolute atomic E-state index is 11.9. The van der Waals surface area contributed by atoms with Crippen LogP contribution in [0.2, 0.25) is 0 Å². The van der Waals surface area contributed by atoms with Crippen molar-refractivity contribution in [2.45, 2.75) is 6.42 Å². The summed E-state index contributed by atoms with van der Waals surface area (Å²) in [5.74, 6) is 2.62. The Morgan fingerprint density at radius 3 is 2.86 bits per heavy atom. The number of para-hydroxylation sites is 2. The molecule has 0 bridgehead atoms. The van der Waals surface area contributed by atoms with E-state index in [1.165, 1.54) is 0 Å². The molecule has 0 unspecified atom stereocenters. The van der Waals surface area contributed by atoms with Crippen molar-refractivity contribution >= 4 is 23.4 Å². The first-order valence-electron chi connectivity index (χ1n) is 7.60. The molecule has 2 rings (SSSR count). The number of thioether (sulfide) groups is 1. The largest absolute Gasteiger partial charge is 0.495 e. The van der Waals surface area contributed by atoms with Gasteiger partial charge in [0.25, 0.3) is 0 Å². The summed E-state index contributed by atoms with van der Waals surface area (Å²) in [6.45, 7) is 4.80. The van der Waals surface area contributed by atoms with Crippen LogP contribution in [-0.4, -0.2) is 62.3 Å². The Bertz CT molecular complexity index is 464. The highest BCUT2D eigenvalue weighted by molar-refractivity contribution is 7.99. The first-order chi connectivity index (χ1) is 10.8. The van der Waals surface area contributed by atoms with E-state index in [1.807, 2.05) is 36.0 Å². The number of nitrogens with one attached hydrogen (secondary N) is 1. The van der Waals surface area contributed by atoms with Gasteiger partial charge in [0, 0.05) is 37.6 Å². The molecule has 122 valence electrons. The summed E-state index contributed by atoms with van der Waals surface area (Å²) in [5.41, 5.74) is 0.730. The average Bonchev–Trinajstić information content (AvgIpc) is 2.56. The second-order valence-electron chi connectivity index (χ2n) is 5.06. The smallest absolute Gasteiger partial charge is 0.225 e. The maximum Gasteiger partial charge on any atom is 0.225 e. The number of carbonyl (C=O) groups excluding carboxylic acids is 1. The summed E-state index contributed by atoms with van der Waals surface area (Å²) in [7, 11) is 1.60. The second-order valence-corrected chi connectivity index (χ2v) is 6.29. The Labute approximate surface area is 136 Å². The predicted octanol–water partition coefficient (Wildman–Crippen LogP) is 2.09. The third-order valence-electron chi connectivity index (χ3n) is 3.51. The van der Waals surface area contributed by atoms with E-state index in [0.717, 1.165) is 50.0 Å². The number of benzene rings is 1. The van der Waals surface area contributed by atoms with Crippen LogP contribution in [-0.2, 0) is 9.53 Å². The fourth-order valence-electron chi connectivity index (χ4n) is 2.25. The number of hydrogen-bond donors (Lipinski definition) is 1. The van der Waals surface area contributed by atoms with Crippen molar-refractivity contribution in [2.24, 2.45) is 0 Å². The molecule has 1 aromatic carbocycles. The zero-order valence-corrected chi connectivity index (χ0v) is 13.9. The topological polar surface area (TPSA) is 50.8 Å². The zero-order chi connectivity index (χ0) is 15.6. The Balaban J connectivity index is 1.59. The van der Waals surface area contributed by atoms with Gasteiger partial charge in [-0.25, -0.2) is 0 Å². The molecule has 1 amide bonds. The average molecular weight is 324 g/mol. The minimum absolute atomic E-state index is 0.0309. The lowest BCUT2D eigenvalue weighted by atomic mass is 10.3. The number of rotatable bonds is 8. The molecular weight excluding hydrogens is 300 g/mol. The third kappa shape index (κ3) is 5.87. The molecule has 1 fully saturated rings. The molecule has 6 heteroatoms. The van der Waals surface area contributed by atoms with Gasteiger partial charge in [0.05, 0.1) is 26.0 Å². The lowest BCUT2D eigenvalue weighted by molar-refractivity contribution is -0.115. The summed E-state index contributed by atoms with van der Waals surface area (Å²) >= 11 is 1.82. The summed E-state index contributed by atoms with van der Waals surface area (Å²) in [4.78, 5) is 14.3. The summed E-state index contributed by atoms with van der Waals surface area (Å²) < 4.78 is 10.5. The van der Waals surface area contributed by atoms with Crippen LogP contribution in [0.15, 0.2) is 24.3 Å². The Hall–Kier alpha value is -1.24. The molecule has 1 aliphatic heterocycles. The summed E-state index contributed by atoms with van der Waals surface area (Å²) in [6, 6.07) is 7.46. The van der Waals surface area contributed by atoms with Crippen LogP contribution in [0.4, 0.5) is 5.69 Å². The minimum Gasteiger partial charge on any atom is -0.495 e. The summed E-state index contributed by atoms with van der Waals surface area (Å²) in [6.07, 6.45) is 0.520. The van der Waals surface area contributed by atoms with Gasteiger partial charge in [-0.1, -0.05) is 12.1 Å². The van der Waals surface area contributed by atoms with E-state index in [-0.39, 0.29) is 5.91 Å².